The van der Waals surface area contributed by atoms with Gasteiger partial charge in [0.25, 0.3) is 0 Å². The van der Waals surface area contributed by atoms with E-state index in [0.717, 1.165) is 25.7 Å². The number of carbonyl (C=O) groups is 2. The summed E-state index contributed by atoms with van der Waals surface area (Å²) in [5, 5.41) is 0. The summed E-state index contributed by atoms with van der Waals surface area (Å²) in [7, 11) is -3.92. The molecule has 0 heterocycles. The molecule has 0 aliphatic heterocycles. The van der Waals surface area contributed by atoms with Crippen LogP contribution in [0.5, 0.6) is 0 Å². The molecule has 1 aliphatic carbocycles. The predicted molar refractivity (Wildman–Crippen MR) is 66.9 cm³/mol. The molecule has 0 saturated heterocycles. The first-order chi connectivity index (χ1) is 8.41. The Balaban J connectivity index is 2.54. The van der Waals surface area contributed by atoms with Gasteiger partial charge in [0, 0.05) is 5.92 Å². The van der Waals surface area contributed by atoms with E-state index in [-0.39, 0.29) is 5.92 Å². The van der Waals surface area contributed by atoms with Crippen LogP contribution in [-0.4, -0.2) is 26.0 Å². The van der Waals surface area contributed by atoms with Crippen LogP contribution >= 0.6 is 0 Å². The molecule has 0 radical (unpaired) electrons. The van der Waals surface area contributed by atoms with Crippen LogP contribution in [0.4, 0.5) is 0 Å². The van der Waals surface area contributed by atoms with Crippen LogP contribution in [0, 0.1) is 5.92 Å². The summed E-state index contributed by atoms with van der Waals surface area (Å²) in [5.41, 5.74) is 4.81. The number of carbonyl (C=O) groups excluding carboxylic acids is 2. The smallest absolute Gasteiger partial charge is 0.243 e. The maximum Gasteiger partial charge on any atom is 0.243 e. The highest BCUT2D eigenvalue weighted by molar-refractivity contribution is 7.90. The van der Waals surface area contributed by atoms with Gasteiger partial charge in [0.05, 0.1) is 0 Å². The lowest BCUT2D eigenvalue weighted by atomic mass is 9.91. The molecule has 1 rings (SSSR count). The van der Waals surface area contributed by atoms with Crippen molar-refractivity contribution in [3.8, 4) is 0 Å². The monoisotopic (exact) mass is 276 g/mol. The zero-order chi connectivity index (χ0) is 13.6. The van der Waals surface area contributed by atoms with Crippen LogP contribution < -0.4 is 10.5 Å². The molecule has 18 heavy (non-hydrogen) atoms. The van der Waals surface area contributed by atoms with E-state index < -0.39 is 27.6 Å². The van der Waals surface area contributed by atoms with Crippen molar-refractivity contribution in [2.24, 2.45) is 11.7 Å². The van der Waals surface area contributed by atoms with Gasteiger partial charge >= 0.3 is 0 Å². The lowest BCUT2D eigenvalue weighted by Gasteiger charge is -2.18. The van der Waals surface area contributed by atoms with E-state index in [1.165, 1.54) is 6.42 Å². The van der Waals surface area contributed by atoms with E-state index in [2.05, 4.69) is 0 Å². The van der Waals surface area contributed by atoms with Crippen molar-refractivity contribution in [1.82, 2.24) is 4.72 Å². The quantitative estimate of drug-likeness (QED) is 0.769. The van der Waals surface area contributed by atoms with Gasteiger partial charge in [0.2, 0.25) is 21.8 Å². The van der Waals surface area contributed by atoms with Crippen LogP contribution in [0.3, 0.4) is 0 Å². The number of sulfonamides is 1. The molecule has 6 nitrogen and oxygen atoms in total. The molecule has 0 aromatic carbocycles. The fourth-order valence-electron chi connectivity index (χ4n) is 2.18. The number of nitrogens with two attached hydrogens (primary N) is 1. The van der Waals surface area contributed by atoms with Gasteiger partial charge in [-0.05, 0) is 12.8 Å². The Morgan fingerprint density at radius 2 is 1.56 bits per heavy atom. The van der Waals surface area contributed by atoms with Crippen LogP contribution in [0.1, 0.15) is 44.9 Å². The van der Waals surface area contributed by atoms with E-state index in [1.807, 2.05) is 4.72 Å². The molecule has 0 aromatic rings. The summed E-state index contributed by atoms with van der Waals surface area (Å²) in [6.07, 6.45) is 6.63. The second kappa shape index (κ2) is 6.72. The number of hydrogen-bond donors (Lipinski definition) is 2. The van der Waals surface area contributed by atoms with Crippen molar-refractivity contribution >= 4 is 21.8 Å². The van der Waals surface area contributed by atoms with Gasteiger partial charge in [-0.3, -0.25) is 14.3 Å². The number of primary amides is 1. The molecule has 0 unspecified atom stereocenters. The summed E-state index contributed by atoms with van der Waals surface area (Å²) < 4.78 is 24.8. The molecule has 0 aromatic heterocycles. The Morgan fingerprint density at radius 3 is 2.06 bits per heavy atom. The van der Waals surface area contributed by atoms with Crippen LogP contribution in [0.2, 0.25) is 0 Å². The van der Waals surface area contributed by atoms with Crippen molar-refractivity contribution in [3.63, 3.8) is 0 Å². The highest BCUT2D eigenvalue weighted by Gasteiger charge is 2.24. The van der Waals surface area contributed by atoms with Crippen LogP contribution in [-0.2, 0) is 19.6 Å². The Bertz CT molecular complexity index is 397. The third-order valence-corrected chi connectivity index (χ3v) is 4.24. The predicted octanol–water partition coefficient (Wildman–Crippen LogP) is 0.278. The van der Waals surface area contributed by atoms with E-state index in [0.29, 0.717) is 12.8 Å². The van der Waals surface area contributed by atoms with Gasteiger partial charge in [-0.1, -0.05) is 32.1 Å². The molecule has 1 aliphatic rings. The van der Waals surface area contributed by atoms with Gasteiger partial charge in [-0.25, -0.2) is 8.42 Å². The summed E-state index contributed by atoms with van der Waals surface area (Å²) in [5.74, 6) is -2.58. The molecular formula is C11H20N2O4S. The highest BCUT2D eigenvalue weighted by Crippen LogP contribution is 2.22. The average molecular weight is 276 g/mol. The first kappa shape index (κ1) is 14.9. The summed E-state index contributed by atoms with van der Waals surface area (Å²) in [6, 6.07) is 0. The number of rotatable bonds is 4. The van der Waals surface area contributed by atoms with Crippen molar-refractivity contribution in [2.75, 3.05) is 5.75 Å². The fourth-order valence-corrected chi connectivity index (χ4v) is 3.10. The SMILES string of the molecule is NC(=O)CS(=O)(=O)NC(=O)C1CCCCCCC1. The first-order valence-electron chi connectivity index (χ1n) is 6.23. The molecule has 2 amide bonds. The summed E-state index contributed by atoms with van der Waals surface area (Å²) >= 11 is 0. The standard InChI is InChI=1S/C11H20N2O4S/c12-10(14)8-18(16,17)13-11(15)9-6-4-2-1-3-5-7-9/h9H,1-8H2,(H2,12,14)(H,13,15). The molecule has 3 N–H and O–H groups in total. The average Bonchev–Trinajstić information content (AvgIpc) is 2.12. The molecule has 7 heteroatoms. The molecule has 1 saturated carbocycles. The van der Waals surface area contributed by atoms with Crippen molar-refractivity contribution in [1.29, 1.82) is 0 Å². The molecular weight excluding hydrogens is 256 g/mol. The van der Waals surface area contributed by atoms with Gasteiger partial charge in [-0.15, -0.1) is 0 Å². The number of amides is 2. The van der Waals surface area contributed by atoms with E-state index >= 15 is 0 Å². The maximum atomic E-state index is 11.8. The number of hydrogen-bond acceptors (Lipinski definition) is 4. The Morgan fingerprint density at radius 1 is 1.06 bits per heavy atom. The molecule has 104 valence electrons. The van der Waals surface area contributed by atoms with Crippen LogP contribution in [0.15, 0.2) is 0 Å². The minimum Gasteiger partial charge on any atom is -0.369 e. The van der Waals surface area contributed by atoms with Gasteiger partial charge in [0.15, 0.2) is 0 Å². The Labute approximate surface area is 107 Å². The minimum absolute atomic E-state index is 0.270. The Kier molecular flexibility index (Phi) is 5.58. The van der Waals surface area contributed by atoms with E-state index in [4.69, 9.17) is 5.73 Å². The molecule has 0 atom stereocenters. The fraction of sp³-hybridized carbons (Fsp3) is 0.818. The van der Waals surface area contributed by atoms with Gasteiger partial charge in [-0.2, -0.15) is 0 Å². The first-order valence-corrected chi connectivity index (χ1v) is 7.88. The largest absolute Gasteiger partial charge is 0.369 e. The molecule has 1 fully saturated rings. The Hall–Kier alpha value is -1.11. The topological polar surface area (TPSA) is 106 Å². The third kappa shape index (κ3) is 5.48. The zero-order valence-electron chi connectivity index (χ0n) is 10.4. The normalized spacial score (nSPS) is 18.7. The molecule has 0 spiro atoms. The minimum atomic E-state index is -3.92. The lowest BCUT2D eigenvalue weighted by molar-refractivity contribution is -0.123. The highest BCUT2D eigenvalue weighted by atomic mass is 32.2. The van der Waals surface area contributed by atoms with E-state index in [9.17, 15) is 18.0 Å². The third-order valence-electron chi connectivity index (χ3n) is 3.06. The van der Waals surface area contributed by atoms with Gasteiger partial charge < -0.3 is 5.73 Å². The zero-order valence-corrected chi connectivity index (χ0v) is 11.2. The van der Waals surface area contributed by atoms with E-state index in [1.54, 1.807) is 0 Å². The number of nitrogens with one attached hydrogen (secondary N) is 1. The van der Waals surface area contributed by atoms with Crippen molar-refractivity contribution < 1.29 is 18.0 Å². The van der Waals surface area contributed by atoms with Crippen LogP contribution in [0.25, 0.3) is 0 Å². The molecule has 0 bridgehead atoms. The summed E-state index contributed by atoms with van der Waals surface area (Å²) in [6.45, 7) is 0. The summed E-state index contributed by atoms with van der Waals surface area (Å²) in [4.78, 5) is 22.4. The second-order valence-corrected chi connectivity index (χ2v) is 6.46. The lowest BCUT2D eigenvalue weighted by Crippen LogP contribution is -2.40. The van der Waals surface area contributed by atoms with Crippen molar-refractivity contribution in [2.45, 2.75) is 44.9 Å². The maximum absolute atomic E-state index is 11.8. The van der Waals surface area contributed by atoms with Crippen molar-refractivity contribution in [3.05, 3.63) is 0 Å². The van der Waals surface area contributed by atoms with Gasteiger partial charge in [0.1, 0.15) is 5.75 Å². The second-order valence-electron chi connectivity index (χ2n) is 4.73.